The Balaban J connectivity index is 2.22. The molecule has 3 rings (SSSR count). The number of rotatable bonds is 2. The standard InChI is InChI=1S/C13H10BrClN4O/c1-7-16-11(15)6-12-17-18-13(19(7)12)8-3-4-10(20-2)9(14)5-8/h3-6H,1-2H3. The Bertz CT molecular complexity index is 802. The molecule has 5 nitrogen and oxygen atoms in total. The first-order chi connectivity index (χ1) is 9.60. The van der Waals surface area contributed by atoms with Gasteiger partial charge in [0, 0.05) is 11.6 Å². The van der Waals surface area contributed by atoms with Crippen LogP contribution in [0, 0.1) is 6.92 Å². The molecule has 2 heterocycles. The van der Waals surface area contributed by atoms with E-state index in [2.05, 4.69) is 31.1 Å². The van der Waals surface area contributed by atoms with Crippen molar-refractivity contribution in [2.24, 2.45) is 0 Å². The highest BCUT2D eigenvalue weighted by molar-refractivity contribution is 9.10. The fraction of sp³-hybridized carbons (Fsp3) is 0.154. The second-order valence-electron chi connectivity index (χ2n) is 4.19. The van der Waals surface area contributed by atoms with Crippen molar-refractivity contribution in [3.8, 4) is 17.1 Å². The Morgan fingerprint density at radius 3 is 2.75 bits per heavy atom. The normalized spacial score (nSPS) is 11.0. The number of benzene rings is 1. The van der Waals surface area contributed by atoms with Crippen LogP contribution in [0.15, 0.2) is 28.7 Å². The van der Waals surface area contributed by atoms with Crippen molar-refractivity contribution in [3.05, 3.63) is 39.7 Å². The molecule has 7 heteroatoms. The summed E-state index contributed by atoms with van der Waals surface area (Å²) >= 11 is 9.40. The molecule has 0 amide bonds. The molecule has 3 aromatic rings. The molecule has 0 radical (unpaired) electrons. The number of halogens is 2. The number of nitrogens with zero attached hydrogens (tertiary/aromatic N) is 4. The third-order valence-corrected chi connectivity index (χ3v) is 3.75. The van der Waals surface area contributed by atoms with E-state index in [1.165, 1.54) is 0 Å². The van der Waals surface area contributed by atoms with Crippen LogP contribution >= 0.6 is 27.5 Å². The van der Waals surface area contributed by atoms with Gasteiger partial charge in [-0.05, 0) is 41.1 Å². The third kappa shape index (κ3) is 2.14. The summed E-state index contributed by atoms with van der Waals surface area (Å²) in [5.74, 6) is 2.21. The summed E-state index contributed by atoms with van der Waals surface area (Å²) in [6.45, 7) is 1.87. The maximum absolute atomic E-state index is 5.93. The average molecular weight is 354 g/mol. The molecule has 0 spiro atoms. The highest BCUT2D eigenvalue weighted by Crippen LogP contribution is 2.30. The number of methoxy groups -OCH3 is 1. The smallest absolute Gasteiger partial charge is 0.169 e. The molecule has 0 saturated carbocycles. The van der Waals surface area contributed by atoms with Crippen LogP contribution in [-0.2, 0) is 0 Å². The van der Waals surface area contributed by atoms with E-state index in [4.69, 9.17) is 16.3 Å². The summed E-state index contributed by atoms with van der Waals surface area (Å²) in [4.78, 5) is 4.23. The predicted octanol–water partition coefficient (Wildman–Crippen LogP) is 3.52. The van der Waals surface area contributed by atoms with Crippen LogP contribution in [0.3, 0.4) is 0 Å². The monoisotopic (exact) mass is 352 g/mol. The molecule has 0 atom stereocenters. The van der Waals surface area contributed by atoms with E-state index >= 15 is 0 Å². The predicted molar refractivity (Wildman–Crippen MR) is 80.2 cm³/mol. The molecule has 0 aliphatic heterocycles. The fourth-order valence-corrected chi connectivity index (χ4v) is 2.81. The molecule has 2 aromatic heterocycles. The van der Waals surface area contributed by atoms with Gasteiger partial charge in [-0.3, -0.25) is 4.40 Å². The van der Waals surface area contributed by atoms with Crippen molar-refractivity contribution in [3.63, 3.8) is 0 Å². The van der Waals surface area contributed by atoms with Gasteiger partial charge in [0.1, 0.15) is 16.7 Å². The first-order valence-corrected chi connectivity index (χ1v) is 6.99. The van der Waals surface area contributed by atoms with Gasteiger partial charge in [0.15, 0.2) is 11.5 Å². The van der Waals surface area contributed by atoms with Gasteiger partial charge in [-0.15, -0.1) is 10.2 Å². The van der Waals surface area contributed by atoms with Crippen LogP contribution in [0.1, 0.15) is 5.82 Å². The molecule has 102 valence electrons. The van der Waals surface area contributed by atoms with E-state index in [1.54, 1.807) is 13.2 Å². The van der Waals surface area contributed by atoms with Gasteiger partial charge in [0.2, 0.25) is 0 Å². The maximum atomic E-state index is 5.93. The van der Waals surface area contributed by atoms with Crippen molar-refractivity contribution < 1.29 is 4.74 Å². The Labute approximate surface area is 128 Å². The third-order valence-electron chi connectivity index (χ3n) is 2.94. The highest BCUT2D eigenvalue weighted by atomic mass is 79.9. The topological polar surface area (TPSA) is 52.3 Å². The lowest BCUT2D eigenvalue weighted by Gasteiger charge is -2.06. The molecular weight excluding hydrogens is 344 g/mol. The molecule has 0 N–H and O–H groups in total. The van der Waals surface area contributed by atoms with Gasteiger partial charge >= 0.3 is 0 Å². The molecule has 1 aromatic carbocycles. The second-order valence-corrected chi connectivity index (χ2v) is 5.43. The quantitative estimate of drug-likeness (QED) is 0.661. The van der Waals surface area contributed by atoms with Crippen molar-refractivity contribution >= 4 is 33.2 Å². The lowest BCUT2D eigenvalue weighted by Crippen LogP contribution is -1.98. The Kier molecular flexibility index (Phi) is 3.35. The maximum Gasteiger partial charge on any atom is 0.169 e. The summed E-state index contributed by atoms with van der Waals surface area (Å²) < 4.78 is 7.94. The molecule has 0 fully saturated rings. The first-order valence-electron chi connectivity index (χ1n) is 5.82. The Morgan fingerprint density at radius 1 is 1.25 bits per heavy atom. The molecule has 20 heavy (non-hydrogen) atoms. The van der Waals surface area contributed by atoms with Crippen LogP contribution in [0.4, 0.5) is 0 Å². The largest absolute Gasteiger partial charge is 0.496 e. The minimum absolute atomic E-state index is 0.407. The molecule has 0 unspecified atom stereocenters. The minimum atomic E-state index is 0.407. The van der Waals surface area contributed by atoms with E-state index < -0.39 is 0 Å². The summed E-state index contributed by atoms with van der Waals surface area (Å²) in [6.07, 6.45) is 0. The van der Waals surface area contributed by atoms with Crippen LogP contribution in [-0.4, -0.2) is 26.7 Å². The summed E-state index contributed by atoms with van der Waals surface area (Å²) in [7, 11) is 1.63. The Hall–Kier alpha value is -1.66. The first kappa shape index (κ1) is 13.3. The van der Waals surface area contributed by atoms with Gasteiger partial charge in [-0.1, -0.05) is 11.6 Å². The van der Waals surface area contributed by atoms with Gasteiger partial charge in [-0.2, -0.15) is 0 Å². The van der Waals surface area contributed by atoms with E-state index in [9.17, 15) is 0 Å². The number of hydrogen-bond acceptors (Lipinski definition) is 4. The zero-order valence-electron chi connectivity index (χ0n) is 10.8. The van der Waals surface area contributed by atoms with Gasteiger partial charge in [-0.25, -0.2) is 4.98 Å². The summed E-state index contributed by atoms with van der Waals surface area (Å²) in [5.41, 5.74) is 1.59. The second kappa shape index (κ2) is 5.03. The molecule has 0 aliphatic carbocycles. The van der Waals surface area contributed by atoms with Crippen LogP contribution in [0.2, 0.25) is 5.15 Å². The lowest BCUT2D eigenvalue weighted by atomic mass is 10.2. The van der Waals surface area contributed by atoms with Crippen LogP contribution in [0.25, 0.3) is 17.0 Å². The average Bonchev–Trinajstić information content (AvgIpc) is 2.82. The SMILES string of the molecule is COc1ccc(-c2nnc3cc(Cl)nc(C)n23)cc1Br. The highest BCUT2D eigenvalue weighted by Gasteiger charge is 2.13. The number of hydrogen-bond donors (Lipinski definition) is 0. The summed E-state index contributed by atoms with van der Waals surface area (Å²) in [6, 6.07) is 7.42. The zero-order chi connectivity index (χ0) is 14.3. The molecule has 0 aliphatic rings. The van der Waals surface area contributed by atoms with Gasteiger partial charge in [0.25, 0.3) is 0 Å². The van der Waals surface area contributed by atoms with Crippen molar-refractivity contribution in [1.29, 1.82) is 0 Å². The fourth-order valence-electron chi connectivity index (χ4n) is 2.04. The van der Waals surface area contributed by atoms with Crippen molar-refractivity contribution in [2.75, 3.05) is 7.11 Å². The van der Waals surface area contributed by atoms with E-state index in [0.717, 1.165) is 21.6 Å². The van der Waals surface area contributed by atoms with E-state index in [0.29, 0.717) is 16.6 Å². The molecule has 0 saturated heterocycles. The molecule has 0 bridgehead atoms. The summed E-state index contributed by atoms with van der Waals surface area (Å²) in [5, 5.41) is 8.75. The van der Waals surface area contributed by atoms with Crippen LogP contribution < -0.4 is 4.74 Å². The van der Waals surface area contributed by atoms with Gasteiger partial charge < -0.3 is 4.74 Å². The minimum Gasteiger partial charge on any atom is -0.496 e. The Morgan fingerprint density at radius 2 is 2.05 bits per heavy atom. The molecular formula is C13H10BrClN4O. The number of fused-ring (bicyclic) bond motifs is 1. The number of aryl methyl sites for hydroxylation is 1. The van der Waals surface area contributed by atoms with Crippen molar-refractivity contribution in [1.82, 2.24) is 19.6 Å². The zero-order valence-corrected chi connectivity index (χ0v) is 13.1. The number of ether oxygens (including phenoxy) is 1. The van der Waals surface area contributed by atoms with E-state index in [1.807, 2.05) is 29.5 Å². The number of aromatic nitrogens is 4. The van der Waals surface area contributed by atoms with Crippen molar-refractivity contribution in [2.45, 2.75) is 6.92 Å². The lowest BCUT2D eigenvalue weighted by molar-refractivity contribution is 0.412. The van der Waals surface area contributed by atoms with Gasteiger partial charge in [0.05, 0.1) is 11.6 Å². The van der Waals surface area contributed by atoms with E-state index in [-0.39, 0.29) is 0 Å². The van der Waals surface area contributed by atoms with Crippen LogP contribution in [0.5, 0.6) is 5.75 Å².